The molecule has 4 heteroatoms. The van der Waals surface area contributed by atoms with Crippen molar-refractivity contribution in [1.82, 2.24) is 10.4 Å². The first-order chi connectivity index (χ1) is 5.75. The molecule has 0 spiro atoms. The summed E-state index contributed by atoms with van der Waals surface area (Å²) in [6, 6.07) is 0.0960. The average Bonchev–Trinajstić information content (AvgIpc) is 2.05. The number of nitrogens with one attached hydrogen (secondary N) is 1. The largest absolute Gasteiger partial charge is 0.392 e. The van der Waals surface area contributed by atoms with Gasteiger partial charge in [-0.25, -0.2) is 0 Å². The lowest BCUT2D eigenvalue weighted by atomic mass is 10.1. The van der Waals surface area contributed by atoms with Crippen LogP contribution in [0.5, 0.6) is 0 Å². The molecule has 0 saturated carbocycles. The summed E-state index contributed by atoms with van der Waals surface area (Å²) in [5, 5.41) is 14.5. The van der Waals surface area contributed by atoms with Gasteiger partial charge in [-0.2, -0.15) is 5.06 Å². The molecule has 0 bridgehead atoms. The van der Waals surface area contributed by atoms with Crippen LogP contribution >= 0.6 is 0 Å². The van der Waals surface area contributed by atoms with Crippen molar-refractivity contribution in [3.63, 3.8) is 0 Å². The first-order valence-electron chi connectivity index (χ1n) is 4.54. The SMILES string of the molecule is CCON1CCNCC1C(C)O. The third-order valence-corrected chi connectivity index (χ3v) is 2.08. The van der Waals surface area contributed by atoms with E-state index in [1.54, 1.807) is 6.92 Å². The number of aliphatic hydroxyl groups is 1. The third kappa shape index (κ3) is 2.42. The van der Waals surface area contributed by atoms with Gasteiger partial charge in [-0.1, -0.05) is 0 Å². The molecule has 2 N–H and O–H groups in total. The number of hydrogen-bond acceptors (Lipinski definition) is 4. The van der Waals surface area contributed by atoms with Gasteiger partial charge in [-0.3, -0.25) is 4.84 Å². The van der Waals surface area contributed by atoms with Crippen LogP contribution in [-0.2, 0) is 4.84 Å². The lowest BCUT2D eigenvalue weighted by Gasteiger charge is -2.36. The minimum Gasteiger partial charge on any atom is -0.392 e. The molecule has 2 unspecified atom stereocenters. The van der Waals surface area contributed by atoms with Crippen LogP contribution in [-0.4, -0.2) is 48.6 Å². The maximum Gasteiger partial charge on any atom is 0.0734 e. The second-order valence-corrected chi connectivity index (χ2v) is 3.07. The van der Waals surface area contributed by atoms with Crippen molar-refractivity contribution in [2.75, 3.05) is 26.2 Å². The van der Waals surface area contributed by atoms with Crippen molar-refractivity contribution in [2.45, 2.75) is 26.0 Å². The lowest BCUT2D eigenvalue weighted by Crippen LogP contribution is -2.55. The topological polar surface area (TPSA) is 44.7 Å². The highest BCUT2D eigenvalue weighted by Crippen LogP contribution is 2.07. The van der Waals surface area contributed by atoms with Gasteiger partial charge in [0.25, 0.3) is 0 Å². The maximum absolute atomic E-state index is 9.41. The van der Waals surface area contributed by atoms with E-state index in [0.717, 1.165) is 19.6 Å². The Kier molecular flexibility index (Phi) is 3.94. The fraction of sp³-hybridized carbons (Fsp3) is 1.00. The molecule has 0 aliphatic carbocycles. The highest BCUT2D eigenvalue weighted by molar-refractivity contribution is 4.78. The molecule has 72 valence electrons. The summed E-state index contributed by atoms with van der Waals surface area (Å²) in [5.74, 6) is 0. The van der Waals surface area contributed by atoms with Crippen LogP contribution in [0.2, 0.25) is 0 Å². The normalized spacial score (nSPS) is 28.8. The van der Waals surface area contributed by atoms with Crippen molar-refractivity contribution in [3.05, 3.63) is 0 Å². The first-order valence-corrected chi connectivity index (χ1v) is 4.54. The fourth-order valence-electron chi connectivity index (χ4n) is 1.44. The van der Waals surface area contributed by atoms with Gasteiger partial charge >= 0.3 is 0 Å². The van der Waals surface area contributed by atoms with E-state index in [1.165, 1.54) is 0 Å². The summed E-state index contributed by atoms with van der Waals surface area (Å²) in [6.07, 6.45) is -0.343. The second-order valence-electron chi connectivity index (χ2n) is 3.07. The Morgan fingerprint density at radius 3 is 3.08 bits per heavy atom. The molecule has 0 amide bonds. The smallest absolute Gasteiger partial charge is 0.0734 e. The van der Waals surface area contributed by atoms with E-state index < -0.39 is 0 Å². The number of hydrogen-bond donors (Lipinski definition) is 2. The van der Waals surface area contributed by atoms with Crippen molar-refractivity contribution < 1.29 is 9.94 Å². The Hall–Kier alpha value is -0.160. The summed E-state index contributed by atoms with van der Waals surface area (Å²) in [7, 11) is 0. The van der Waals surface area contributed by atoms with Crippen molar-refractivity contribution in [1.29, 1.82) is 0 Å². The van der Waals surface area contributed by atoms with Gasteiger partial charge in [-0.15, -0.1) is 0 Å². The van der Waals surface area contributed by atoms with Gasteiger partial charge in [0.2, 0.25) is 0 Å². The number of rotatable bonds is 3. The molecule has 1 saturated heterocycles. The zero-order valence-corrected chi connectivity index (χ0v) is 7.79. The molecule has 0 aromatic rings. The molecule has 0 aromatic carbocycles. The molecule has 1 rings (SSSR count). The molecular formula is C8H18N2O2. The monoisotopic (exact) mass is 174 g/mol. The summed E-state index contributed by atoms with van der Waals surface area (Å²) in [6.45, 7) is 7.01. The maximum atomic E-state index is 9.41. The van der Waals surface area contributed by atoms with Crippen molar-refractivity contribution in [2.24, 2.45) is 0 Å². The van der Waals surface area contributed by atoms with Gasteiger partial charge < -0.3 is 10.4 Å². The molecule has 2 atom stereocenters. The van der Waals surface area contributed by atoms with Gasteiger partial charge in [-0.05, 0) is 13.8 Å². The minimum absolute atomic E-state index is 0.0960. The highest BCUT2D eigenvalue weighted by Gasteiger charge is 2.26. The molecule has 4 nitrogen and oxygen atoms in total. The molecule has 0 radical (unpaired) electrons. The van der Waals surface area contributed by atoms with Gasteiger partial charge in [0.1, 0.15) is 0 Å². The standard InChI is InChI=1S/C8H18N2O2/c1-3-12-10-5-4-9-6-8(10)7(2)11/h7-9,11H,3-6H2,1-2H3. The molecule has 1 fully saturated rings. The lowest BCUT2D eigenvalue weighted by molar-refractivity contribution is -0.206. The Labute approximate surface area is 73.5 Å². The van der Waals surface area contributed by atoms with E-state index in [4.69, 9.17) is 4.84 Å². The minimum atomic E-state index is -0.343. The number of aliphatic hydroxyl groups excluding tert-OH is 1. The van der Waals surface area contributed by atoms with Crippen molar-refractivity contribution >= 4 is 0 Å². The predicted octanol–water partition coefficient (Wildman–Crippen LogP) is -0.407. The van der Waals surface area contributed by atoms with Gasteiger partial charge in [0, 0.05) is 19.6 Å². The number of hydroxylamine groups is 2. The number of nitrogens with zero attached hydrogens (tertiary/aromatic N) is 1. The highest BCUT2D eigenvalue weighted by atomic mass is 16.7. The Morgan fingerprint density at radius 1 is 1.75 bits per heavy atom. The summed E-state index contributed by atoms with van der Waals surface area (Å²) in [4.78, 5) is 5.39. The van der Waals surface area contributed by atoms with E-state index in [-0.39, 0.29) is 12.1 Å². The van der Waals surface area contributed by atoms with Crippen LogP contribution in [0.3, 0.4) is 0 Å². The average molecular weight is 174 g/mol. The van der Waals surface area contributed by atoms with E-state index >= 15 is 0 Å². The quantitative estimate of drug-likeness (QED) is 0.610. The van der Waals surface area contributed by atoms with Crippen LogP contribution in [0, 0.1) is 0 Å². The van der Waals surface area contributed by atoms with Crippen LogP contribution in [0.15, 0.2) is 0 Å². The van der Waals surface area contributed by atoms with E-state index in [2.05, 4.69) is 5.32 Å². The third-order valence-electron chi connectivity index (χ3n) is 2.08. The Balaban J connectivity index is 2.42. The Morgan fingerprint density at radius 2 is 2.50 bits per heavy atom. The van der Waals surface area contributed by atoms with Crippen LogP contribution in [0.25, 0.3) is 0 Å². The fourth-order valence-corrected chi connectivity index (χ4v) is 1.44. The zero-order chi connectivity index (χ0) is 8.97. The van der Waals surface area contributed by atoms with Crippen molar-refractivity contribution in [3.8, 4) is 0 Å². The van der Waals surface area contributed by atoms with Crippen LogP contribution < -0.4 is 5.32 Å². The molecule has 1 aliphatic heterocycles. The molecule has 1 aliphatic rings. The molecule has 0 aromatic heterocycles. The van der Waals surface area contributed by atoms with Crippen LogP contribution in [0.1, 0.15) is 13.8 Å². The Bertz CT molecular complexity index is 128. The van der Waals surface area contributed by atoms with Gasteiger partial charge in [0.05, 0.1) is 18.8 Å². The summed E-state index contributed by atoms with van der Waals surface area (Å²) in [5.41, 5.74) is 0. The molecular weight excluding hydrogens is 156 g/mol. The van der Waals surface area contributed by atoms with E-state index in [9.17, 15) is 5.11 Å². The van der Waals surface area contributed by atoms with Crippen LogP contribution in [0.4, 0.5) is 0 Å². The molecule has 12 heavy (non-hydrogen) atoms. The molecule has 1 heterocycles. The first kappa shape index (κ1) is 9.92. The second kappa shape index (κ2) is 4.77. The van der Waals surface area contributed by atoms with Gasteiger partial charge in [0.15, 0.2) is 0 Å². The van der Waals surface area contributed by atoms with E-state index in [0.29, 0.717) is 6.61 Å². The summed E-state index contributed by atoms with van der Waals surface area (Å²) < 4.78 is 0. The van der Waals surface area contributed by atoms with E-state index in [1.807, 2.05) is 12.0 Å². The summed E-state index contributed by atoms with van der Waals surface area (Å²) >= 11 is 0. The number of piperazine rings is 1. The zero-order valence-electron chi connectivity index (χ0n) is 7.79. The predicted molar refractivity (Wildman–Crippen MR) is 46.7 cm³/mol.